The maximum atomic E-state index is 5.62. The summed E-state index contributed by atoms with van der Waals surface area (Å²) in [5, 5.41) is 0. The average molecular weight is 435 g/mol. The van der Waals surface area contributed by atoms with E-state index in [1.54, 1.807) is 18.5 Å². The zero-order valence-corrected chi connectivity index (χ0v) is 22.0. The molecule has 0 heterocycles. The highest BCUT2D eigenvalue weighted by Crippen LogP contribution is 2.38. The van der Waals surface area contributed by atoms with E-state index >= 15 is 0 Å². The zero-order chi connectivity index (χ0) is 21.1. The Kier molecular flexibility index (Phi) is 33.0. The molecule has 0 radical (unpaired) electrons. The lowest BCUT2D eigenvalue weighted by Gasteiger charge is -2.16. The fraction of sp³-hybridized carbons (Fsp3) is 1.00. The summed E-state index contributed by atoms with van der Waals surface area (Å²) in [7, 11) is 0.422. The second-order valence-electron chi connectivity index (χ2n) is 8.48. The second kappa shape index (κ2) is 29.9. The normalized spacial score (nSPS) is 10.9. The molecule has 172 valence electrons. The highest BCUT2D eigenvalue weighted by atomic mass is 35.5. The lowest BCUT2D eigenvalue weighted by molar-refractivity contribution is 0.548. The first kappa shape index (κ1) is 30.9. The van der Waals surface area contributed by atoms with Crippen LogP contribution >= 0.6 is 19.5 Å². The number of rotatable bonds is 21. The Balaban J connectivity index is 0. The van der Waals surface area contributed by atoms with Crippen LogP contribution in [0.1, 0.15) is 143 Å². The predicted octanol–water partition coefficient (Wildman–Crippen LogP) is 10.8. The molecule has 0 aliphatic rings. The lowest BCUT2D eigenvalue weighted by Crippen LogP contribution is -1.95. The number of halogens is 1. The fourth-order valence-corrected chi connectivity index (χ4v) is 6.57. The van der Waals surface area contributed by atoms with Gasteiger partial charge in [-0.15, -0.1) is 19.5 Å². The predicted molar refractivity (Wildman–Crippen MR) is 138 cm³/mol. The van der Waals surface area contributed by atoms with Gasteiger partial charge in [-0.3, -0.25) is 0 Å². The van der Waals surface area contributed by atoms with Crippen LogP contribution in [0.25, 0.3) is 0 Å². The third kappa shape index (κ3) is 28.9. The van der Waals surface area contributed by atoms with Gasteiger partial charge < -0.3 is 0 Å². The summed E-state index contributed by atoms with van der Waals surface area (Å²) in [5.41, 5.74) is 0. The maximum Gasteiger partial charge on any atom is 0.0223 e. The molecule has 0 fully saturated rings. The minimum absolute atomic E-state index is 0.422. The van der Waals surface area contributed by atoms with E-state index in [2.05, 4.69) is 27.7 Å². The molecule has 0 rings (SSSR count). The van der Waals surface area contributed by atoms with E-state index in [4.69, 9.17) is 11.6 Å². The van der Waals surface area contributed by atoms with E-state index < -0.39 is 0 Å². The van der Waals surface area contributed by atoms with Crippen molar-refractivity contribution < 1.29 is 0 Å². The molecule has 0 saturated carbocycles. The van der Waals surface area contributed by atoms with Gasteiger partial charge in [-0.25, -0.2) is 0 Å². The van der Waals surface area contributed by atoms with E-state index in [9.17, 15) is 0 Å². The minimum atomic E-state index is 0.422. The van der Waals surface area contributed by atoms with Crippen molar-refractivity contribution in [2.45, 2.75) is 143 Å². The molecule has 2 heteroatoms. The molecule has 0 aromatic carbocycles. The molecule has 0 aromatic heterocycles. The zero-order valence-electron chi connectivity index (χ0n) is 20.4. The van der Waals surface area contributed by atoms with E-state index in [1.165, 1.54) is 116 Å². The Hall–Kier alpha value is 0.720. The van der Waals surface area contributed by atoms with Crippen molar-refractivity contribution in [3.63, 3.8) is 0 Å². The van der Waals surface area contributed by atoms with E-state index in [-0.39, 0.29) is 0 Å². The van der Waals surface area contributed by atoms with E-state index in [0.717, 1.165) is 5.88 Å². The van der Waals surface area contributed by atoms with Crippen LogP contribution in [0.2, 0.25) is 0 Å². The summed E-state index contributed by atoms with van der Waals surface area (Å²) in [6.45, 7) is 9.22. The van der Waals surface area contributed by atoms with Crippen molar-refractivity contribution in [3.8, 4) is 0 Å². The first-order valence-corrected chi connectivity index (χ1v) is 15.5. The van der Waals surface area contributed by atoms with Crippen molar-refractivity contribution in [3.05, 3.63) is 0 Å². The quantitative estimate of drug-likeness (QED) is 0.0956. The van der Waals surface area contributed by atoms with Crippen LogP contribution in [0, 0.1) is 0 Å². The summed E-state index contributed by atoms with van der Waals surface area (Å²) in [5.74, 6) is 0.845. The summed E-state index contributed by atoms with van der Waals surface area (Å²) >= 11 is 5.62. The Morgan fingerprint density at radius 2 is 0.679 bits per heavy atom. The molecule has 0 N–H and O–H groups in total. The molecule has 0 spiro atoms. The van der Waals surface area contributed by atoms with E-state index in [1.807, 2.05) is 0 Å². The van der Waals surface area contributed by atoms with Gasteiger partial charge in [-0.05, 0) is 44.2 Å². The number of unbranched alkanes of at least 4 members (excludes halogenated alkanes) is 14. The molecular weight excluding hydrogens is 379 g/mol. The average Bonchev–Trinajstić information content (AvgIpc) is 2.72. The molecule has 0 amide bonds. The van der Waals surface area contributed by atoms with Crippen LogP contribution in [0.3, 0.4) is 0 Å². The summed E-state index contributed by atoms with van der Waals surface area (Å²) < 4.78 is 0. The van der Waals surface area contributed by atoms with Crippen LogP contribution in [0.15, 0.2) is 0 Å². The fourth-order valence-electron chi connectivity index (χ4n) is 3.42. The first-order valence-electron chi connectivity index (χ1n) is 13.0. The van der Waals surface area contributed by atoms with Crippen molar-refractivity contribution >= 4 is 19.5 Å². The van der Waals surface area contributed by atoms with Crippen LogP contribution in [-0.4, -0.2) is 24.4 Å². The number of alkyl halides is 1. The molecular formula is C26H56ClP. The largest absolute Gasteiger partial charge is 0.127 e. The topological polar surface area (TPSA) is 0 Å². The van der Waals surface area contributed by atoms with Gasteiger partial charge in [0.25, 0.3) is 0 Å². The van der Waals surface area contributed by atoms with Gasteiger partial charge in [0.2, 0.25) is 0 Å². The highest BCUT2D eigenvalue weighted by molar-refractivity contribution is 7.57. The second-order valence-corrected chi connectivity index (χ2v) is 11.5. The van der Waals surface area contributed by atoms with Gasteiger partial charge in [0, 0.05) is 5.88 Å². The minimum Gasteiger partial charge on any atom is -0.127 e. The van der Waals surface area contributed by atoms with Crippen molar-refractivity contribution in [1.29, 1.82) is 0 Å². The first-order chi connectivity index (χ1) is 13.8. The molecule has 0 unspecified atom stereocenters. The molecule has 0 aromatic rings. The van der Waals surface area contributed by atoms with Crippen molar-refractivity contribution in [2.75, 3.05) is 24.4 Å². The molecule has 28 heavy (non-hydrogen) atoms. The maximum absolute atomic E-state index is 5.62. The third-order valence-electron chi connectivity index (χ3n) is 5.47. The Morgan fingerprint density at radius 3 is 0.964 bits per heavy atom. The van der Waals surface area contributed by atoms with Crippen molar-refractivity contribution in [1.82, 2.24) is 0 Å². The standard InChI is InChI=1S/C14H29Cl.C12H27P/c1-2-3-4-5-6-7-8-9-10-11-12-13-14-15;1-4-7-10-13(11-8-5-2)12-9-6-3/h2-14H2,1H3;4-12H2,1-3H3. The third-order valence-corrected chi connectivity index (χ3v) is 8.58. The van der Waals surface area contributed by atoms with Gasteiger partial charge in [0.05, 0.1) is 0 Å². The molecule has 0 bridgehead atoms. The molecule has 0 nitrogen and oxygen atoms in total. The molecule has 0 atom stereocenters. The Bertz CT molecular complexity index is 214. The van der Waals surface area contributed by atoms with Crippen LogP contribution < -0.4 is 0 Å². The highest BCUT2D eigenvalue weighted by Gasteiger charge is 2.05. The Morgan fingerprint density at radius 1 is 0.393 bits per heavy atom. The summed E-state index contributed by atoms with van der Waals surface area (Å²) in [6, 6.07) is 0. The van der Waals surface area contributed by atoms with Gasteiger partial charge >= 0.3 is 0 Å². The summed E-state index contributed by atoms with van der Waals surface area (Å²) in [4.78, 5) is 0. The molecule has 0 aliphatic carbocycles. The number of hydrogen-bond donors (Lipinski definition) is 0. The molecule has 0 saturated heterocycles. The van der Waals surface area contributed by atoms with Crippen LogP contribution in [0.5, 0.6) is 0 Å². The van der Waals surface area contributed by atoms with Gasteiger partial charge in [0.1, 0.15) is 0 Å². The van der Waals surface area contributed by atoms with Crippen LogP contribution in [-0.2, 0) is 0 Å². The monoisotopic (exact) mass is 434 g/mol. The van der Waals surface area contributed by atoms with Gasteiger partial charge in [0.15, 0.2) is 0 Å². The van der Waals surface area contributed by atoms with E-state index in [0.29, 0.717) is 7.92 Å². The molecule has 0 aliphatic heterocycles. The lowest BCUT2D eigenvalue weighted by atomic mass is 10.1. The van der Waals surface area contributed by atoms with Crippen LogP contribution in [0.4, 0.5) is 0 Å². The smallest absolute Gasteiger partial charge is 0.0223 e. The van der Waals surface area contributed by atoms with Crippen molar-refractivity contribution in [2.24, 2.45) is 0 Å². The van der Waals surface area contributed by atoms with Gasteiger partial charge in [-0.1, -0.05) is 118 Å². The van der Waals surface area contributed by atoms with Gasteiger partial charge in [-0.2, -0.15) is 0 Å². The summed E-state index contributed by atoms with van der Waals surface area (Å²) in [6.07, 6.45) is 30.1. The Labute approximate surface area is 187 Å². The SMILES string of the molecule is CCCCCCCCCCCCCCCl.CCCCP(CCCC)CCCC. The number of hydrogen-bond acceptors (Lipinski definition) is 0.